The van der Waals surface area contributed by atoms with Gasteiger partial charge in [-0.05, 0) is 23.1 Å². The van der Waals surface area contributed by atoms with Crippen molar-refractivity contribution < 1.29 is 0 Å². The fourth-order valence-corrected chi connectivity index (χ4v) is 1.18. The predicted molar refractivity (Wildman–Crippen MR) is 52.3 cm³/mol. The first-order valence-corrected chi connectivity index (χ1v) is 4.30. The van der Waals surface area contributed by atoms with Gasteiger partial charge in [-0.3, -0.25) is 4.98 Å². The highest BCUT2D eigenvalue weighted by atomic mass is 31.0. The zero-order valence-corrected chi connectivity index (χ0v) is 8.41. The van der Waals surface area contributed by atoms with E-state index in [1.54, 1.807) is 0 Å². The zero-order valence-electron chi connectivity index (χ0n) is 7.26. The maximum atomic E-state index is 4.12. The van der Waals surface area contributed by atoms with Crippen LogP contribution in [0.1, 0.15) is 26.3 Å². The van der Waals surface area contributed by atoms with E-state index in [-0.39, 0.29) is 5.41 Å². The molecule has 0 radical (unpaired) electrons. The number of hydrogen-bond donors (Lipinski definition) is 0. The molecule has 1 unspecified atom stereocenters. The first-order valence-electron chi connectivity index (χ1n) is 3.72. The van der Waals surface area contributed by atoms with Crippen LogP contribution in [0.4, 0.5) is 0 Å². The molecule has 0 spiro atoms. The first-order chi connectivity index (χ1) is 5.00. The van der Waals surface area contributed by atoms with Crippen LogP contribution in [0.5, 0.6) is 0 Å². The molecule has 1 aromatic heterocycles. The normalized spacial score (nSPS) is 11.6. The molecule has 0 aliphatic heterocycles. The average Bonchev–Trinajstić information content (AvgIpc) is 1.86. The Labute approximate surface area is 70.4 Å². The summed E-state index contributed by atoms with van der Waals surface area (Å²) in [5.41, 5.74) is 2.57. The quantitative estimate of drug-likeness (QED) is 0.537. The van der Waals surface area contributed by atoms with Gasteiger partial charge in [0.1, 0.15) is 0 Å². The van der Waals surface area contributed by atoms with Crippen molar-refractivity contribution >= 4 is 14.7 Å². The third kappa shape index (κ3) is 2.27. The summed E-state index contributed by atoms with van der Waals surface area (Å²) in [5, 5.41) is 0. The van der Waals surface area contributed by atoms with E-state index in [0.29, 0.717) is 0 Å². The predicted octanol–water partition coefficient (Wildman–Crippen LogP) is 1.88. The number of aromatic nitrogens is 1. The van der Waals surface area contributed by atoms with Gasteiger partial charge in [-0.2, -0.15) is 0 Å². The van der Waals surface area contributed by atoms with Gasteiger partial charge in [0.25, 0.3) is 0 Å². The number of rotatable bonds is 0. The van der Waals surface area contributed by atoms with Gasteiger partial charge in [-0.15, -0.1) is 0 Å². The molecule has 1 atom stereocenters. The fourth-order valence-electron chi connectivity index (χ4n) is 0.915. The maximum Gasteiger partial charge on any atom is 0.0571 e. The van der Waals surface area contributed by atoms with Crippen molar-refractivity contribution in [1.29, 1.82) is 0 Å². The van der Waals surface area contributed by atoms with E-state index in [9.17, 15) is 0 Å². The molecule has 0 N–H and O–H groups in total. The van der Waals surface area contributed by atoms with Gasteiger partial charge >= 0.3 is 0 Å². The number of hydrogen-bond acceptors (Lipinski definition) is 1. The van der Waals surface area contributed by atoms with E-state index in [1.807, 2.05) is 6.20 Å². The summed E-state index contributed by atoms with van der Waals surface area (Å²) >= 11 is 0. The minimum absolute atomic E-state index is 0.230. The second-order valence-electron chi connectivity index (χ2n) is 3.72. The van der Waals surface area contributed by atoms with E-state index in [2.05, 4.69) is 47.1 Å². The smallest absolute Gasteiger partial charge is 0.0571 e. The third-order valence-corrected chi connectivity index (χ3v) is 1.96. The molecular weight excluding hydrogens is 153 g/mol. The van der Waals surface area contributed by atoms with Crippen molar-refractivity contribution in [3.05, 3.63) is 23.9 Å². The average molecular weight is 167 g/mol. The summed E-state index contributed by atoms with van der Waals surface area (Å²) < 4.78 is 0. The Morgan fingerprint density at radius 1 is 1.36 bits per heavy atom. The first kappa shape index (κ1) is 8.67. The molecule has 0 fully saturated rings. The van der Waals surface area contributed by atoms with Crippen molar-refractivity contribution in [2.45, 2.75) is 26.2 Å². The van der Waals surface area contributed by atoms with Gasteiger partial charge in [0.15, 0.2) is 0 Å². The molecule has 1 aromatic rings. The van der Waals surface area contributed by atoms with E-state index in [4.69, 9.17) is 0 Å². The topological polar surface area (TPSA) is 12.9 Å². The molecular formula is C9H14NP. The molecule has 0 amide bonds. The molecule has 0 bridgehead atoms. The molecule has 0 aliphatic carbocycles. The minimum atomic E-state index is 0.230. The van der Waals surface area contributed by atoms with Crippen LogP contribution in [0.25, 0.3) is 0 Å². The largest absolute Gasteiger partial charge is 0.257 e. The molecule has 60 valence electrons. The molecule has 0 saturated heterocycles. The molecule has 0 aromatic carbocycles. The Hall–Kier alpha value is -0.420. The molecule has 1 heterocycles. The van der Waals surface area contributed by atoms with Crippen molar-refractivity contribution in [1.82, 2.24) is 4.98 Å². The highest BCUT2D eigenvalue weighted by molar-refractivity contribution is 7.26. The van der Waals surface area contributed by atoms with E-state index >= 15 is 0 Å². The lowest BCUT2D eigenvalue weighted by Gasteiger charge is -2.18. The molecule has 0 saturated carbocycles. The zero-order chi connectivity index (χ0) is 8.48. The third-order valence-electron chi connectivity index (χ3n) is 1.65. The van der Waals surface area contributed by atoms with Crippen LogP contribution < -0.4 is 5.44 Å². The van der Waals surface area contributed by atoms with Gasteiger partial charge in [0, 0.05) is 6.20 Å². The van der Waals surface area contributed by atoms with Crippen LogP contribution in [-0.2, 0) is 5.41 Å². The number of nitrogens with zero attached hydrogens (tertiary/aromatic N) is 1. The summed E-state index contributed by atoms with van der Waals surface area (Å²) in [6.07, 6.45) is 1.85. The van der Waals surface area contributed by atoms with E-state index in [0.717, 1.165) is 5.44 Å². The molecule has 0 aliphatic rings. The van der Waals surface area contributed by atoms with Crippen LogP contribution in [-0.4, -0.2) is 4.98 Å². The summed E-state index contributed by atoms with van der Waals surface area (Å²) in [6.45, 7) is 6.60. The minimum Gasteiger partial charge on any atom is -0.257 e. The molecule has 1 nitrogen and oxygen atoms in total. The van der Waals surface area contributed by atoms with Crippen molar-refractivity contribution in [2.24, 2.45) is 0 Å². The van der Waals surface area contributed by atoms with E-state index in [1.165, 1.54) is 5.56 Å². The van der Waals surface area contributed by atoms with Gasteiger partial charge < -0.3 is 0 Å². The van der Waals surface area contributed by atoms with Gasteiger partial charge in [0.05, 0.1) is 5.44 Å². The summed E-state index contributed by atoms with van der Waals surface area (Å²) in [5.74, 6) is 0. The Balaban J connectivity index is 3.06. The highest BCUT2D eigenvalue weighted by Crippen LogP contribution is 2.20. The van der Waals surface area contributed by atoms with Crippen LogP contribution in [0.3, 0.4) is 0 Å². The molecule has 2 heteroatoms. The maximum absolute atomic E-state index is 4.12. The van der Waals surface area contributed by atoms with Gasteiger partial charge in [-0.25, -0.2) is 0 Å². The Bertz CT molecular complexity index is 250. The Morgan fingerprint density at radius 2 is 2.00 bits per heavy atom. The lowest BCUT2D eigenvalue weighted by atomic mass is 9.88. The summed E-state index contributed by atoms with van der Waals surface area (Å²) in [7, 11) is 2.61. The van der Waals surface area contributed by atoms with Crippen LogP contribution >= 0.6 is 9.24 Å². The SMILES string of the molecule is CC(C)(C)c1ccnc(P)c1. The summed E-state index contributed by atoms with van der Waals surface area (Å²) in [4.78, 5) is 4.12. The van der Waals surface area contributed by atoms with Gasteiger partial charge in [0.2, 0.25) is 0 Å². The van der Waals surface area contributed by atoms with E-state index < -0.39 is 0 Å². The van der Waals surface area contributed by atoms with Crippen LogP contribution in [0.2, 0.25) is 0 Å². The lowest BCUT2D eigenvalue weighted by Crippen LogP contribution is -2.13. The monoisotopic (exact) mass is 167 g/mol. The Kier molecular flexibility index (Phi) is 2.29. The standard InChI is InChI=1S/C9H14NP/c1-9(2,3)7-4-5-10-8(11)6-7/h4-6H,11H2,1-3H3. The lowest BCUT2D eigenvalue weighted by molar-refractivity contribution is 0.590. The van der Waals surface area contributed by atoms with Crippen molar-refractivity contribution in [3.8, 4) is 0 Å². The van der Waals surface area contributed by atoms with Crippen LogP contribution in [0.15, 0.2) is 18.3 Å². The van der Waals surface area contributed by atoms with Crippen molar-refractivity contribution in [3.63, 3.8) is 0 Å². The second-order valence-corrected chi connectivity index (χ2v) is 4.31. The van der Waals surface area contributed by atoms with Crippen molar-refractivity contribution in [2.75, 3.05) is 0 Å². The van der Waals surface area contributed by atoms with Crippen LogP contribution in [0, 0.1) is 0 Å². The second kappa shape index (κ2) is 2.91. The highest BCUT2D eigenvalue weighted by Gasteiger charge is 2.12. The fraction of sp³-hybridized carbons (Fsp3) is 0.444. The number of pyridine rings is 1. The summed E-state index contributed by atoms with van der Waals surface area (Å²) in [6, 6.07) is 4.16. The Morgan fingerprint density at radius 3 is 2.36 bits per heavy atom. The van der Waals surface area contributed by atoms with Gasteiger partial charge in [-0.1, -0.05) is 30.0 Å². The molecule has 11 heavy (non-hydrogen) atoms. The molecule has 1 rings (SSSR count).